The third-order valence-corrected chi connectivity index (χ3v) is 2.62. The second-order valence-electron chi connectivity index (χ2n) is 2.89. The van der Waals surface area contributed by atoms with Crippen LogP contribution >= 0.6 is 12.2 Å². The lowest BCUT2D eigenvalue weighted by molar-refractivity contribution is 0.227. The van der Waals surface area contributed by atoms with Crippen LogP contribution in [0.2, 0.25) is 0 Å². The Bertz CT molecular complexity index is 165. The van der Waals surface area contributed by atoms with E-state index in [-0.39, 0.29) is 5.66 Å². The minimum atomic E-state index is 0.00579. The van der Waals surface area contributed by atoms with Crippen LogP contribution in [0.25, 0.3) is 0 Å². The molecule has 0 aromatic rings. The highest BCUT2D eigenvalue weighted by atomic mass is 32.1. The van der Waals surface area contributed by atoms with Gasteiger partial charge in [0.1, 0.15) is 5.66 Å². The van der Waals surface area contributed by atoms with Gasteiger partial charge in [0.05, 0.1) is 0 Å². The Balaban J connectivity index is 2.68. The van der Waals surface area contributed by atoms with Crippen molar-refractivity contribution in [1.29, 1.82) is 0 Å². The third kappa shape index (κ3) is 1.46. The molecule has 1 saturated heterocycles. The van der Waals surface area contributed by atoms with E-state index in [1.54, 1.807) is 0 Å². The summed E-state index contributed by atoms with van der Waals surface area (Å²) >= 11 is 5.08. The highest BCUT2D eigenvalue weighted by Gasteiger charge is 2.34. The summed E-state index contributed by atoms with van der Waals surface area (Å²) in [6.45, 7) is 4.29. The van der Waals surface area contributed by atoms with Crippen molar-refractivity contribution >= 4 is 17.3 Å². The van der Waals surface area contributed by atoms with Gasteiger partial charge < -0.3 is 5.32 Å². The fourth-order valence-electron chi connectivity index (χ4n) is 1.27. The molecule has 0 saturated carbocycles. The zero-order valence-electron chi connectivity index (χ0n) is 7.27. The van der Waals surface area contributed by atoms with Crippen LogP contribution in [-0.4, -0.2) is 22.8 Å². The molecular weight excluding hydrogens is 158 g/mol. The Kier molecular flexibility index (Phi) is 2.34. The molecule has 64 valence electrons. The smallest absolute Gasteiger partial charge is 0.184 e. The van der Waals surface area contributed by atoms with Gasteiger partial charge in [-0.3, -0.25) is 5.01 Å². The molecule has 0 aromatic carbocycles. The standard InChI is InChI=1S/C7H15N3S/c1-4-7(5-2)8-6(11)10(3)9-7/h9H,4-5H2,1-3H3,(H,8,11). The monoisotopic (exact) mass is 173 g/mol. The summed E-state index contributed by atoms with van der Waals surface area (Å²) in [5.41, 5.74) is 3.30. The number of rotatable bonds is 2. The lowest BCUT2D eigenvalue weighted by Crippen LogP contribution is -2.49. The highest BCUT2D eigenvalue weighted by molar-refractivity contribution is 7.80. The first-order valence-electron chi connectivity index (χ1n) is 3.97. The SMILES string of the molecule is CCC1(CC)NC(=S)N(C)N1. The van der Waals surface area contributed by atoms with E-state index >= 15 is 0 Å². The first kappa shape index (κ1) is 8.74. The van der Waals surface area contributed by atoms with Crippen LogP contribution < -0.4 is 10.7 Å². The van der Waals surface area contributed by atoms with Gasteiger partial charge >= 0.3 is 0 Å². The summed E-state index contributed by atoms with van der Waals surface area (Å²) in [5.74, 6) is 0. The number of nitrogens with one attached hydrogen (secondary N) is 2. The number of nitrogens with zero attached hydrogens (tertiary/aromatic N) is 1. The van der Waals surface area contributed by atoms with E-state index in [4.69, 9.17) is 12.2 Å². The second-order valence-corrected chi connectivity index (χ2v) is 3.28. The van der Waals surface area contributed by atoms with Crippen LogP contribution in [0.4, 0.5) is 0 Å². The van der Waals surface area contributed by atoms with E-state index in [1.807, 2.05) is 12.1 Å². The average Bonchev–Trinajstić information content (AvgIpc) is 2.29. The molecule has 4 heteroatoms. The number of hydrogen-bond donors (Lipinski definition) is 2. The maximum absolute atomic E-state index is 5.08. The Morgan fingerprint density at radius 1 is 1.45 bits per heavy atom. The molecule has 0 radical (unpaired) electrons. The molecule has 0 unspecified atom stereocenters. The molecule has 0 aliphatic carbocycles. The van der Waals surface area contributed by atoms with Crippen molar-refractivity contribution in [2.45, 2.75) is 32.4 Å². The first-order valence-corrected chi connectivity index (χ1v) is 4.38. The second kappa shape index (κ2) is 2.95. The van der Waals surface area contributed by atoms with Gasteiger partial charge in [-0.05, 0) is 25.1 Å². The van der Waals surface area contributed by atoms with Crippen LogP contribution in [0.1, 0.15) is 26.7 Å². The molecule has 1 heterocycles. The predicted octanol–water partition coefficient (Wildman–Crippen LogP) is 0.827. The molecule has 2 N–H and O–H groups in total. The number of hydrogen-bond acceptors (Lipinski definition) is 2. The largest absolute Gasteiger partial charge is 0.342 e. The fraction of sp³-hybridized carbons (Fsp3) is 0.857. The average molecular weight is 173 g/mol. The summed E-state index contributed by atoms with van der Waals surface area (Å²) in [6, 6.07) is 0. The fourth-order valence-corrected chi connectivity index (χ4v) is 1.51. The van der Waals surface area contributed by atoms with Crippen molar-refractivity contribution in [2.75, 3.05) is 7.05 Å². The van der Waals surface area contributed by atoms with E-state index in [9.17, 15) is 0 Å². The predicted molar refractivity (Wildman–Crippen MR) is 49.9 cm³/mol. The molecular formula is C7H15N3S. The van der Waals surface area contributed by atoms with Gasteiger partial charge in [-0.1, -0.05) is 13.8 Å². The molecule has 0 aromatic heterocycles. The van der Waals surface area contributed by atoms with Crippen LogP contribution in [0.3, 0.4) is 0 Å². The molecule has 0 spiro atoms. The van der Waals surface area contributed by atoms with Gasteiger partial charge in [-0.15, -0.1) is 0 Å². The first-order chi connectivity index (χ1) is 5.13. The van der Waals surface area contributed by atoms with Crippen molar-refractivity contribution < 1.29 is 0 Å². The lowest BCUT2D eigenvalue weighted by atomic mass is 10.1. The van der Waals surface area contributed by atoms with Crippen molar-refractivity contribution in [2.24, 2.45) is 0 Å². The minimum absolute atomic E-state index is 0.00579. The molecule has 11 heavy (non-hydrogen) atoms. The maximum Gasteiger partial charge on any atom is 0.184 e. The zero-order valence-corrected chi connectivity index (χ0v) is 8.09. The van der Waals surface area contributed by atoms with Gasteiger partial charge in [0.25, 0.3) is 0 Å². The molecule has 1 fully saturated rings. The molecule has 0 bridgehead atoms. The van der Waals surface area contributed by atoms with E-state index in [0.717, 1.165) is 18.0 Å². The van der Waals surface area contributed by atoms with E-state index in [0.29, 0.717) is 0 Å². The van der Waals surface area contributed by atoms with Gasteiger partial charge in [-0.25, -0.2) is 5.43 Å². The molecule has 1 aliphatic heterocycles. The van der Waals surface area contributed by atoms with Crippen LogP contribution in [0.15, 0.2) is 0 Å². The summed E-state index contributed by atoms with van der Waals surface area (Å²) in [4.78, 5) is 0. The van der Waals surface area contributed by atoms with Crippen molar-refractivity contribution in [1.82, 2.24) is 15.8 Å². The van der Waals surface area contributed by atoms with Crippen LogP contribution in [0, 0.1) is 0 Å². The Morgan fingerprint density at radius 3 is 2.18 bits per heavy atom. The Morgan fingerprint density at radius 2 is 2.00 bits per heavy atom. The summed E-state index contributed by atoms with van der Waals surface area (Å²) in [6.07, 6.45) is 2.07. The molecule has 0 atom stereocenters. The third-order valence-electron chi connectivity index (χ3n) is 2.24. The topological polar surface area (TPSA) is 27.3 Å². The van der Waals surface area contributed by atoms with Gasteiger partial charge in [0.15, 0.2) is 5.11 Å². The van der Waals surface area contributed by atoms with E-state index in [2.05, 4.69) is 24.6 Å². The minimum Gasteiger partial charge on any atom is -0.342 e. The molecule has 1 aliphatic rings. The van der Waals surface area contributed by atoms with Crippen LogP contribution in [0.5, 0.6) is 0 Å². The van der Waals surface area contributed by atoms with Crippen molar-refractivity contribution in [3.8, 4) is 0 Å². The van der Waals surface area contributed by atoms with Crippen molar-refractivity contribution in [3.05, 3.63) is 0 Å². The Labute approximate surface area is 73.1 Å². The van der Waals surface area contributed by atoms with E-state index < -0.39 is 0 Å². The van der Waals surface area contributed by atoms with Crippen LogP contribution in [-0.2, 0) is 0 Å². The van der Waals surface area contributed by atoms with Gasteiger partial charge in [0, 0.05) is 7.05 Å². The van der Waals surface area contributed by atoms with Crippen molar-refractivity contribution in [3.63, 3.8) is 0 Å². The summed E-state index contributed by atoms with van der Waals surface area (Å²) in [7, 11) is 1.93. The lowest BCUT2D eigenvalue weighted by Gasteiger charge is -2.26. The van der Waals surface area contributed by atoms with E-state index in [1.165, 1.54) is 0 Å². The molecule has 0 amide bonds. The number of thiocarbonyl (C=S) groups is 1. The highest BCUT2D eigenvalue weighted by Crippen LogP contribution is 2.16. The maximum atomic E-state index is 5.08. The summed E-state index contributed by atoms with van der Waals surface area (Å²) < 4.78 is 0. The zero-order chi connectivity index (χ0) is 8.48. The normalized spacial score (nSPS) is 22.1. The van der Waals surface area contributed by atoms with Gasteiger partial charge in [0.2, 0.25) is 0 Å². The van der Waals surface area contributed by atoms with Gasteiger partial charge in [-0.2, -0.15) is 0 Å². The quantitative estimate of drug-likeness (QED) is 0.605. The summed E-state index contributed by atoms with van der Waals surface area (Å²) in [5, 5.41) is 5.91. The molecule has 3 nitrogen and oxygen atoms in total. The molecule has 1 rings (SSSR count). The number of hydrazine groups is 1. The Hall–Kier alpha value is -0.350.